The fourth-order valence-electron chi connectivity index (χ4n) is 1.88. The largest absolute Gasteiger partial charge is 0.376 e. The molecular formula is C15H18N2. The van der Waals surface area contributed by atoms with E-state index in [2.05, 4.69) is 47.1 Å². The quantitative estimate of drug-likeness (QED) is 0.797. The predicted octanol–water partition coefficient (Wildman–Crippen LogP) is 3.38. The highest BCUT2D eigenvalue weighted by Gasteiger charge is 2.07. The van der Waals surface area contributed by atoms with Gasteiger partial charge in [-0.2, -0.15) is 0 Å². The number of aromatic nitrogens is 1. The summed E-state index contributed by atoms with van der Waals surface area (Å²) in [6.45, 7) is 2.14. The molecule has 0 aliphatic rings. The smallest absolute Gasteiger partial charge is 0.0554 e. The molecule has 0 aliphatic heterocycles. The fourth-order valence-corrected chi connectivity index (χ4v) is 1.88. The van der Waals surface area contributed by atoms with Crippen LogP contribution in [0.25, 0.3) is 11.1 Å². The lowest BCUT2D eigenvalue weighted by atomic mass is 10.0. The van der Waals surface area contributed by atoms with Gasteiger partial charge < -0.3 is 4.90 Å². The monoisotopic (exact) mass is 226 g/mol. The summed E-state index contributed by atoms with van der Waals surface area (Å²) in [4.78, 5) is 6.64. The normalized spacial score (nSPS) is 10.3. The van der Waals surface area contributed by atoms with Crippen LogP contribution in [0.2, 0.25) is 0 Å². The summed E-state index contributed by atoms with van der Waals surface area (Å²) < 4.78 is 0. The number of nitrogens with zero attached hydrogens (tertiary/aromatic N) is 2. The van der Waals surface area contributed by atoms with Gasteiger partial charge in [0, 0.05) is 25.4 Å². The molecule has 0 amide bonds. The zero-order valence-corrected chi connectivity index (χ0v) is 10.6. The zero-order chi connectivity index (χ0) is 12.3. The van der Waals surface area contributed by atoms with E-state index in [1.807, 2.05) is 26.4 Å². The van der Waals surface area contributed by atoms with Crippen LogP contribution < -0.4 is 4.90 Å². The first kappa shape index (κ1) is 11.6. The van der Waals surface area contributed by atoms with E-state index in [4.69, 9.17) is 0 Å². The highest BCUT2D eigenvalue weighted by Crippen LogP contribution is 2.26. The molecule has 2 aromatic rings. The second-order valence-electron chi connectivity index (χ2n) is 4.30. The molecule has 17 heavy (non-hydrogen) atoms. The average molecular weight is 226 g/mol. The molecule has 2 rings (SSSR count). The summed E-state index contributed by atoms with van der Waals surface area (Å²) in [7, 11) is 4.08. The minimum absolute atomic E-state index is 0.956. The van der Waals surface area contributed by atoms with Gasteiger partial charge in [-0.3, -0.25) is 4.98 Å². The molecule has 0 fully saturated rings. The number of hydrogen-bond donors (Lipinski definition) is 0. The van der Waals surface area contributed by atoms with Crippen LogP contribution in [-0.4, -0.2) is 19.1 Å². The van der Waals surface area contributed by atoms with E-state index in [-0.39, 0.29) is 0 Å². The Kier molecular flexibility index (Phi) is 3.43. The summed E-state index contributed by atoms with van der Waals surface area (Å²) in [6, 6.07) is 12.7. The van der Waals surface area contributed by atoms with E-state index in [0.29, 0.717) is 0 Å². The molecular weight excluding hydrogens is 208 g/mol. The lowest BCUT2D eigenvalue weighted by Gasteiger charge is -2.15. The summed E-state index contributed by atoms with van der Waals surface area (Å²) in [6.07, 6.45) is 2.89. The second-order valence-corrected chi connectivity index (χ2v) is 4.30. The molecule has 0 radical (unpaired) electrons. The third-order valence-electron chi connectivity index (χ3n) is 2.89. The van der Waals surface area contributed by atoms with E-state index in [9.17, 15) is 0 Å². The third kappa shape index (κ3) is 2.47. The SMILES string of the molecule is CCc1ncc(N(C)C)cc1-c1ccccc1. The summed E-state index contributed by atoms with van der Waals surface area (Å²) >= 11 is 0. The van der Waals surface area contributed by atoms with Gasteiger partial charge in [-0.05, 0) is 18.1 Å². The van der Waals surface area contributed by atoms with Crippen LogP contribution in [0.1, 0.15) is 12.6 Å². The molecule has 0 bridgehead atoms. The minimum atomic E-state index is 0.956. The van der Waals surface area contributed by atoms with Crippen LogP contribution >= 0.6 is 0 Å². The van der Waals surface area contributed by atoms with Crippen molar-refractivity contribution >= 4 is 5.69 Å². The number of aryl methyl sites for hydroxylation is 1. The Morgan fingerprint density at radius 2 is 1.82 bits per heavy atom. The first-order valence-electron chi connectivity index (χ1n) is 5.94. The second kappa shape index (κ2) is 5.00. The van der Waals surface area contributed by atoms with Gasteiger partial charge in [0.1, 0.15) is 0 Å². The van der Waals surface area contributed by atoms with Gasteiger partial charge in [0.15, 0.2) is 0 Å². The van der Waals surface area contributed by atoms with Crippen LogP contribution in [0.3, 0.4) is 0 Å². The first-order valence-corrected chi connectivity index (χ1v) is 5.94. The van der Waals surface area contributed by atoms with E-state index in [0.717, 1.165) is 17.8 Å². The summed E-state index contributed by atoms with van der Waals surface area (Å²) in [5.41, 5.74) is 4.77. The van der Waals surface area contributed by atoms with Crippen molar-refractivity contribution in [2.45, 2.75) is 13.3 Å². The number of rotatable bonds is 3. The van der Waals surface area contributed by atoms with Gasteiger partial charge in [0.2, 0.25) is 0 Å². The van der Waals surface area contributed by atoms with Crippen molar-refractivity contribution in [1.29, 1.82) is 0 Å². The Balaban J connectivity index is 2.54. The third-order valence-corrected chi connectivity index (χ3v) is 2.89. The van der Waals surface area contributed by atoms with Gasteiger partial charge in [0.25, 0.3) is 0 Å². The van der Waals surface area contributed by atoms with Crippen molar-refractivity contribution in [1.82, 2.24) is 4.98 Å². The highest BCUT2D eigenvalue weighted by molar-refractivity contribution is 5.70. The Bertz CT molecular complexity index is 490. The van der Waals surface area contributed by atoms with Crippen molar-refractivity contribution in [2.75, 3.05) is 19.0 Å². The van der Waals surface area contributed by atoms with E-state index < -0.39 is 0 Å². The molecule has 2 heteroatoms. The van der Waals surface area contributed by atoms with Crippen molar-refractivity contribution < 1.29 is 0 Å². The molecule has 0 N–H and O–H groups in total. The van der Waals surface area contributed by atoms with E-state index in [1.54, 1.807) is 0 Å². The maximum absolute atomic E-state index is 4.55. The van der Waals surface area contributed by atoms with Gasteiger partial charge in [0.05, 0.1) is 11.9 Å². The lowest BCUT2D eigenvalue weighted by Crippen LogP contribution is -2.09. The standard InChI is InChI=1S/C15H18N2/c1-4-15-14(12-8-6-5-7-9-12)10-13(11-16-15)17(2)3/h5-11H,4H2,1-3H3. The van der Waals surface area contributed by atoms with Gasteiger partial charge in [-0.15, -0.1) is 0 Å². The van der Waals surface area contributed by atoms with Crippen molar-refractivity contribution in [3.05, 3.63) is 48.3 Å². The van der Waals surface area contributed by atoms with Crippen LogP contribution in [0, 0.1) is 0 Å². The Morgan fingerprint density at radius 1 is 1.12 bits per heavy atom. The first-order chi connectivity index (χ1) is 8.22. The molecule has 0 aliphatic carbocycles. The molecule has 2 nitrogen and oxygen atoms in total. The Labute approximate surface area is 103 Å². The Hall–Kier alpha value is -1.83. The maximum atomic E-state index is 4.55. The van der Waals surface area contributed by atoms with Crippen LogP contribution in [0.5, 0.6) is 0 Å². The van der Waals surface area contributed by atoms with Crippen LogP contribution in [-0.2, 0) is 6.42 Å². The molecule has 0 saturated heterocycles. The predicted molar refractivity (Wildman–Crippen MR) is 73.4 cm³/mol. The number of benzene rings is 1. The van der Waals surface area contributed by atoms with Crippen LogP contribution in [0.4, 0.5) is 5.69 Å². The molecule has 0 saturated carbocycles. The molecule has 0 unspecified atom stereocenters. The number of hydrogen-bond acceptors (Lipinski definition) is 2. The number of pyridine rings is 1. The molecule has 1 aromatic heterocycles. The molecule has 1 aromatic carbocycles. The lowest BCUT2D eigenvalue weighted by molar-refractivity contribution is 1.02. The highest BCUT2D eigenvalue weighted by atomic mass is 15.1. The molecule has 1 heterocycles. The molecule has 88 valence electrons. The topological polar surface area (TPSA) is 16.1 Å². The minimum Gasteiger partial charge on any atom is -0.376 e. The van der Waals surface area contributed by atoms with Gasteiger partial charge in [-0.25, -0.2) is 0 Å². The molecule has 0 atom stereocenters. The Morgan fingerprint density at radius 3 is 2.41 bits per heavy atom. The van der Waals surface area contributed by atoms with E-state index >= 15 is 0 Å². The van der Waals surface area contributed by atoms with Crippen molar-refractivity contribution in [3.8, 4) is 11.1 Å². The maximum Gasteiger partial charge on any atom is 0.0554 e. The average Bonchev–Trinajstić information content (AvgIpc) is 2.39. The van der Waals surface area contributed by atoms with Gasteiger partial charge in [-0.1, -0.05) is 37.3 Å². The van der Waals surface area contributed by atoms with E-state index in [1.165, 1.54) is 11.1 Å². The summed E-state index contributed by atoms with van der Waals surface area (Å²) in [5, 5.41) is 0. The number of anilines is 1. The van der Waals surface area contributed by atoms with Gasteiger partial charge >= 0.3 is 0 Å². The van der Waals surface area contributed by atoms with Crippen molar-refractivity contribution in [2.24, 2.45) is 0 Å². The summed E-state index contributed by atoms with van der Waals surface area (Å²) in [5.74, 6) is 0. The molecule has 0 spiro atoms. The fraction of sp³-hybridized carbons (Fsp3) is 0.267. The van der Waals surface area contributed by atoms with Crippen LogP contribution in [0.15, 0.2) is 42.6 Å². The zero-order valence-electron chi connectivity index (χ0n) is 10.6. The van der Waals surface area contributed by atoms with Crippen molar-refractivity contribution in [3.63, 3.8) is 0 Å².